The van der Waals surface area contributed by atoms with E-state index in [1.807, 2.05) is 0 Å². The summed E-state index contributed by atoms with van der Waals surface area (Å²) < 4.78 is 5.93. The average molecular weight is 804 g/mol. The number of unbranched alkanes of at least 4 members (excludes halogenated alkanes) is 29. The molecule has 3 unspecified atom stereocenters. The molecule has 0 spiro atoms. The molecule has 1 amide bonds. The summed E-state index contributed by atoms with van der Waals surface area (Å²) in [6, 6.07) is -0.696. The van der Waals surface area contributed by atoms with Gasteiger partial charge in [-0.25, -0.2) is 0 Å². The maximum Gasteiger partial charge on any atom is 0.306 e. The molecule has 0 aromatic rings. The van der Waals surface area contributed by atoms with E-state index in [0.29, 0.717) is 19.3 Å². The van der Waals surface area contributed by atoms with E-state index in [4.69, 9.17) is 4.74 Å². The van der Waals surface area contributed by atoms with Crippen LogP contribution in [0.15, 0.2) is 24.3 Å². The molecule has 0 heterocycles. The van der Waals surface area contributed by atoms with E-state index in [1.165, 1.54) is 154 Å². The zero-order chi connectivity index (χ0) is 41.7. The first-order valence-electron chi connectivity index (χ1n) is 25.1. The first-order valence-corrected chi connectivity index (χ1v) is 25.1. The number of allylic oxidation sites excluding steroid dienone is 4. The van der Waals surface area contributed by atoms with E-state index >= 15 is 0 Å². The molecule has 3 atom stereocenters. The van der Waals surface area contributed by atoms with Crippen molar-refractivity contribution in [1.29, 1.82) is 0 Å². The number of carbonyl (C=O) groups excluding carboxylic acids is 2. The van der Waals surface area contributed by atoms with Gasteiger partial charge in [0.2, 0.25) is 5.91 Å². The van der Waals surface area contributed by atoms with Crippen LogP contribution in [0.25, 0.3) is 0 Å². The van der Waals surface area contributed by atoms with Crippen LogP contribution in [-0.2, 0) is 14.3 Å². The lowest BCUT2D eigenvalue weighted by Crippen LogP contribution is -2.46. The molecule has 6 heteroatoms. The molecule has 3 N–H and O–H groups in total. The largest absolute Gasteiger partial charge is 0.462 e. The number of amides is 1. The smallest absolute Gasteiger partial charge is 0.306 e. The molecular weight excluding hydrogens is 707 g/mol. The Morgan fingerprint density at radius 1 is 0.526 bits per heavy atom. The third-order valence-corrected chi connectivity index (χ3v) is 11.5. The van der Waals surface area contributed by atoms with Gasteiger partial charge in [-0.05, 0) is 51.4 Å². The van der Waals surface area contributed by atoms with Crippen molar-refractivity contribution in [2.45, 2.75) is 283 Å². The Kier molecular flexibility index (Phi) is 44.1. The Balaban J connectivity index is 4.56. The Morgan fingerprint density at radius 2 is 0.947 bits per heavy atom. The van der Waals surface area contributed by atoms with Crippen LogP contribution in [0.3, 0.4) is 0 Å². The summed E-state index contributed by atoms with van der Waals surface area (Å²) in [6.07, 6.45) is 50.9. The number of hydrogen-bond acceptors (Lipinski definition) is 5. The first kappa shape index (κ1) is 55.3. The summed E-state index contributed by atoms with van der Waals surface area (Å²) in [5, 5.41) is 23.7. The number of esters is 1. The van der Waals surface area contributed by atoms with Crippen LogP contribution in [0.1, 0.15) is 265 Å². The van der Waals surface area contributed by atoms with Gasteiger partial charge in [0.1, 0.15) is 6.10 Å². The number of rotatable bonds is 45. The molecule has 0 saturated carbocycles. The second-order valence-corrected chi connectivity index (χ2v) is 17.2. The van der Waals surface area contributed by atoms with Gasteiger partial charge in [-0.2, -0.15) is 0 Å². The molecule has 0 aromatic carbocycles. The fraction of sp³-hybridized carbons (Fsp3) is 0.882. The summed E-state index contributed by atoms with van der Waals surface area (Å²) >= 11 is 0. The zero-order valence-corrected chi connectivity index (χ0v) is 38.2. The third kappa shape index (κ3) is 40.9. The Bertz CT molecular complexity index is 904. The summed E-state index contributed by atoms with van der Waals surface area (Å²) in [5.41, 5.74) is 0. The molecule has 0 radical (unpaired) electrons. The summed E-state index contributed by atoms with van der Waals surface area (Å²) in [7, 11) is 0. The summed E-state index contributed by atoms with van der Waals surface area (Å²) in [6.45, 7) is 6.38. The molecule has 0 fully saturated rings. The highest BCUT2D eigenvalue weighted by Crippen LogP contribution is 2.18. The molecule has 0 aliphatic heterocycles. The number of carbonyl (C=O) groups is 2. The molecule has 57 heavy (non-hydrogen) atoms. The van der Waals surface area contributed by atoms with Crippen molar-refractivity contribution >= 4 is 11.9 Å². The lowest BCUT2D eigenvalue weighted by atomic mass is 10.0. The normalized spacial score (nSPS) is 13.4. The van der Waals surface area contributed by atoms with Crippen LogP contribution in [0, 0.1) is 0 Å². The van der Waals surface area contributed by atoms with Crippen molar-refractivity contribution in [1.82, 2.24) is 5.32 Å². The third-order valence-electron chi connectivity index (χ3n) is 11.5. The molecule has 0 saturated heterocycles. The maximum atomic E-state index is 13.2. The fourth-order valence-electron chi connectivity index (χ4n) is 7.76. The standard InChI is InChI=1S/C51H97NO5/c1-4-7-10-13-16-19-22-24-26-28-30-33-36-39-42-47(57-51(56)44-41-38-35-32-29-27-25-23-20-17-14-11-8-5-2)45-50(55)52-48(46-53)49(54)43-40-37-34-31-21-18-15-12-9-6-3/h8,11,17,20,47-49,53-54H,4-7,9-10,12-16,18-19,21-46H2,1-3H3,(H,52,55)/b11-8+,20-17+. The van der Waals surface area contributed by atoms with Crippen molar-refractivity contribution in [3.8, 4) is 0 Å². The van der Waals surface area contributed by atoms with Crippen LogP contribution in [-0.4, -0.2) is 46.9 Å². The Morgan fingerprint density at radius 3 is 1.42 bits per heavy atom. The van der Waals surface area contributed by atoms with Gasteiger partial charge in [0.15, 0.2) is 0 Å². The minimum Gasteiger partial charge on any atom is -0.462 e. The van der Waals surface area contributed by atoms with E-state index in [2.05, 4.69) is 50.4 Å². The number of hydrogen-bond donors (Lipinski definition) is 3. The number of ether oxygens (including phenoxy) is 1. The van der Waals surface area contributed by atoms with Crippen LogP contribution in [0.4, 0.5) is 0 Å². The zero-order valence-electron chi connectivity index (χ0n) is 38.2. The minimum atomic E-state index is -0.783. The van der Waals surface area contributed by atoms with E-state index in [0.717, 1.165) is 64.2 Å². The van der Waals surface area contributed by atoms with Crippen LogP contribution in [0.2, 0.25) is 0 Å². The average Bonchev–Trinajstić information content (AvgIpc) is 3.20. The molecule has 0 aliphatic rings. The molecule has 0 aliphatic carbocycles. The van der Waals surface area contributed by atoms with Crippen molar-refractivity contribution < 1.29 is 24.5 Å². The molecule has 0 rings (SSSR count). The van der Waals surface area contributed by atoms with Gasteiger partial charge in [-0.3, -0.25) is 9.59 Å². The van der Waals surface area contributed by atoms with Gasteiger partial charge >= 0.3 is 5.97 Å². The van der Waals surface area contributed by atoms with E-state index in [1.54, 1.807) is 0 Å². The minimum absolute atomic E-state index is 0.0797. The van der Waals surface area contributed by atoms with Crippen LogP contribution >= 0.6 is 0 Å². The lowest BCUT2D eigenvalue weighted by Gasteiger charge is -2.24. The quantitative estimate of drug-likeness (QED) is 0.0324. The van der Waals surface area contributed by atoms with Gasteiger partial charge < -0.3 is 20.3 Å². The second-order valence-electron chi connectivity index (χ2n) is 17.2. The summed E-state index contributed by atoms with van der Waals surface area (Å²) in [4.78, 5) is 26.1. The summed E-state index contributed by atoms with van der Waals surface area (Å²) in [5.74, 6) is -0.471. The van der Waals surface area contributed by atoms with E-state index < -0.39 is 18.2 Å². The van der Waals surface area contributed by atoms with Gasteiger partial charge in [0.05, 0.1) is 25.2 Å². The lowest BCUT2D eigenvalue weighted by molar-refractivity contribution is -0.151. The molecule has 6 nitrogen and oxygen atoms in total. The van der Waals surface area contributed by atoms with Gasteiger partial charge in [-0.15, -0.1) is 0 Å². The number of nitrogens with one attached hydrogen (secondary N) is 1. The van der Waals surface area contributed by atoms with Gasteiger partial charge in [-0.1, -0.05) is 225 Å². The topological polar surface area (TPSA) is 95.9 Å². The molecule has 0 bridgehead atoms. The SMILES string of the molecule is CC/C=C/C/C=C/CCCCCCCCCC(=O)OC(CCCCCCCCCCCCCCCC)CC(=O)NC(CO)C(O)CCCCCCCCCCCC. The second kappa shape index (κ2) is 45.4. The molecule has 0 aromatic heterocycles. The monoisotopic (exact) mass is 804 g/mol. The highest BCUT2D eigenvalue weighted by Gasteiger charge is 2.24. The van der Waals surface area contributed by atoms with Gasteiger partial charge in [0.25, 0.3) is 0 Å². The Hall–Kier alpha value is -1.66. The van der Waals surface area contributed by atoms with Crippen LogP contribution in [0.5, 0.6) is 0 Å². The van der Waals surface area contributed by atoms with Crippen molar-refractivity contribution in [2.24, 2.45) is 0 Å². The number of aliphatic hydroxyl groups excluding tert-OH is 2. The highest BCUT2D eigenvalue weighted by atomic mass is 16.5. The first-order chi connectivity index (χ1) is 28.0. The predicted molar refractivity (Wildman–Crippen MR) is 246 cm³/mol. The van der Waals surface area contributed by atoms with Crippen LogP contribution < -0.4 is 5.32 Å². The van der Waals surface area contributed by atoms with Crippen molar-refractivity contribution in [3.63, 3.8) is 0 Å². The predicted octanol–water partition coefficient (Wildman–Crippen LogP) is 14.7. The van der Waals surface area contributed by atoms with Gasteiger partial charge in [0, 0.05) is 6.42 Å². The Labute approximate surface area is 354 Å². The van der Waals surface area contributed by atoms with E-state index in [9.17, 15) is 19.8 Å². The fourth-order valence-corrected chi connectivity index (χ4v) is 7.76. The molecular formula is C51H97NO5. The van der Waals surface area contributed by atoms with Crippen molar-refractivity contribution in [3.05, 3.63) is 24.3 Å². The maximum absolute atomic E-state index is 13.2. The van der Waals surface area contributed by atoms with E-state index in [-0.39, 0.29) is 24.9 Å². The number of aliphatic hydroxyl groups is 2. The highest BCUT2D eigenvalue weighted by molar-refractivity contribution is 5.77. The van der Waals surface area contributed by atoms with Crippen molar-refractivity contribution in [2.75, 3.05) is 6.61 Å². The molecule has 336 valence electrons.